The van der Waals surface area contributed by atoms with Crippen molar-refractivity contribution in [2.75, 3.05) is 0 Å². The molecule has 2 aromatic carbocycles. The highest BCUT2D eigenvalue weighted by Gasteiger charge is 2.41. The molecule has 0 N–H and O–H groups in total. The van der Waals surface area contributed by atoms with Gasteiger partial charge in [-0.3, -0.25) is 9.36 Å². The van der Waals surface area contributed by atoms with Crippen molar-refractivity contribution in [1.29, 1.82) is 0 Å². The highest BCUT2D eigenvalue weighted by molar-refractivity contribution is 6.16. The van der Waals surface area contributed by atoms with Crippen LogP contribution in [0.15, 0.2) is 36.4 Å². The minimum atomic E-state index is -4.91. The van der Waals surface area contributed by atoms with E-state index in [1.54, 1.807) is 24.3 Å². The first-order valence-corrected chi connectivity index (χ1v) is 6.43. The Morgan fingerprint density at radius 3 is 1.71 bits per heavy atom. The van der Waals surface area contributed by atoms with E-state index in [1.807, 2.05) is 26.0 Å². The summed E-state index contributed by atoms with van der Waals surface area (Å²) in [6.07, 6.45) is -4.91. The molecule has 0 fully saturated rings. The molecule has 0 spiro atoms. The van der Waals surface area contributed by atoms with E-state index in [4.69, 9.17) is 0 Å². The molecule has 0 radical (unpaired) electrons. The summed E-state index contributed by atoms with van der Waals surface area (Å²) in [4.78, 5) is 11.8. The number of nitrogens with zero attached hydrogens (tertiary/aromatic N) is 1. The van der Waals surface area contributed by atoms with Crippen LogP contribution in [0.3, 0.4) is 0 Å². The Morgan fingerprint density at radius 1 is 0.905 bits per heavy atom. The first kappa shape index (κ1) is 13.7. The molecule has 0 aliphatic heterocycles. The standard InChI is InChI=1S/C16H12F3NO/c1-9-5-3-7-11-13(9)14-10(2)6-4-8-12(14)20(11)15(21)16(17,18)19/h3-8H,1-2H3. The minimum absolute atomic E-state index is 0.293. The maximum Gasteiger partial charge on any atom is 0.472 e. The van der Waals surface area contributed by atoms with Crippen molar-refractivity contribution in [3.63, 3.8) is 0 Å². The van der Waals surface area contributed by atoms with Gasteiger partial charge in [-0.1, -0.05) is 24.3 Å². The van der Waals surface area contributed by atoms with Gasteiger partial charge in [-0.05, 0) is 37.1 Å². The van der Waals surface area contributed by atoms with Crippen molar-refractivity contribution in [1.82, 2.24) is 4.57 Å². The maximum absolute atomic E-state index is 12.9. The Bertz CT molecular complexity index is 815. The Morgan fingerprint density at radius 2 is 1.33 bits per heavy atom. The van der Waals surface area contributed by atoms with Crippen LogP contribution in [0.5, 0.6) is 0 Å². The van der Waals surface area contributed by atoms with Gasteiger partial charge in [-0.15, -0.1) is 0 Å². The molecule has 108 valence electrons. The highest BCUT2D eigenvalue weighted by atomic mass is 19.4. The number of hydrogen-bond acceptors (Lipinski definition) is 1. The third-order valence-corrected chi connectivity index (χ3v) is 3.68. The van der Waals surface area contributed by atoms with Gasteiger partial charge in [-0.25, -0.2) is 0 Å². The van der Waals surface area contributed by atoms with Crippen molar-refractivity contribution >= 4 is 27.7 Å². The van der Waals surface area contributed by atoms with Gasteiger partial charge in [0, 0.05) is 10.8 Å². The second-order valence-corrected chi connectivity index (χ2v) is 5.08. The van der Waals surface area contributed by atoms with Crippen molar-refractivity contribution in [3.8, 4) is 0 Å². The van der Waals surface area contributed by atoms with Gasteiger partial charge in [-0.2, -0.15) is 13.2 Å². The number of carbonyl (C=O) groups excluding carboxylic acids is 1. The molecule has 2 nitrogen and oxygen atoms in total. The fourth-order valence-electron chi connectivity index (χ4n) is 2.80. The SMILES string of the molecule is Cc1cccc2c1c1c(C)cccc1n2C(=O)C(F)(F)F. The fraction of sp³-hybridized carbons (Fsp3) is 0.188. The summed E-state index contributed by atoms with van der Waals surface area (Å²) < 4.78 is 39.5. The first-order chi connectivity index (χ1) is 9.82. The molecule has 0 aliphatic carbocycles. The number of hydrogen-bond donors (Lipinski definition) is 0. The lowest BCUT2D eigenvalue weighted by molar-refractivity contribution is -0.0939. The molecule has 1 aromatic heterocycles. The van der Waals surface area contributed by atoms with E-state index in [0.29, 0.717) is 21.8 Å². The van der Waals surface area contributed by atoms with Crippen LogP contribution in [-0.2, 0) is 0 Å². The van der Waals surface area contributed by atoms with Crippen LogP contribution in [-0.4, -0.2) is 16.7 Å². The molecule has 5 heteroatoms. The van der Waals surface area contributed by atoms with E-state index < -0.39 is 12.1 Å². The topological polar surface area (TPSA) is 22.0 Å². The van der Waals surface area contributed by atoms with Crippen LogP contribution in [0.25, 0.3) is 21.8 Å². The number of rotatable bonds is 0. The number of aryl methyl sites for hydroxylation is 2. The minimum Gasteiger partial charge on any atom is -0.272 e. The molecular weight excluding hydrogens is 279 g/mol. The molecule has 0 saturated carbocycles. The van der Waals surface area contributed by atoms with Crippen LogP contribution in [0.1, 0.15) is 15.9 Å². The van der Waals surface area contributed by atoms with E-state index in [-0.39, 0.29) is 0 Å². The summed E-state index contributed by atoms with van der Waals surface area (Å²) in [5.74, 6) is -1.86. The van der Waals surface area contributed by atoms with E-state index in [9.17, 15) is 18.0 Å². The molecule has 0 unspecified atom stereocenters. The monoisotopic (exact) mass is 291 g/mol. The summed E-state index contributed by atoms with van der Waals surface area (Å²) in [5.41, 5.74) is 2.28. The number of aromatic nitrogens is 1. The fourth-order valence-corrected chi connectivity index (χ4v) is 2.80. The van der Waals surface area contributed by atoms with Crippen molar-refractivity contribution < 1.29 is 18.0 Å². The lowest BCUT2D eigenvalue weighted by atomic mass is 10.0. The zero-order valence-corrected chi connectivity index (χ0v) is 11.5. The molecule has 0 amide bonds. The molecular formula is C16H12F3NO. The lowest BCUT2D eigenvalue weighted by Crippen LogP contribution is -2.28. The Labute approximate surface area is 118 Å². The maximum atomic E-state index is 12.9. The number of fused-ring (bicyclic) bond motifs is 3. The van der Waals surface area contributed by atoms with Crippen molar-refractivity contribution in [3.05, 3.63) is 47.5 Å². The second kappa shape index (κ2) is 4.35. The Balaban J connectivity index is 2.57. The van der Waals surface area contributed by atoms with Crippen LogP contribution < -0.4 is 0 Å². The molecule has 1 heterocycles. The molecule has 0 saturated heterocycles. The van der Waals surface area contributed by atoms with Crippen LogP contribution in [0.4, 0.5) is 13.2 Å². The Hall–Kier alpha value is -2.30. The smallest absolute Gasteiger partial charge is 0.272 e. The quantitative estimate of drug-likeness (QED) is 0.592. The van der Waals surface area contributed by atoms with Gasteiger partial charge in [0.1, 0.15) is 0 Å². The highest BCUT2D eigenvalue weighted by Crippen LogP contribution is 2.35. The van der Waals surface area contributed by atoms with E-state index in [0.717, 1.165) is 15.7 Å². The van der Waals surface area contributed by atoms with E-state index in [2.05, 4.69) is 0 Å². The Kier molecular flexibility index (Phi) is 2.83. The van der Waals surface area contributed by atoms with Crippen molar-refractivity contribution in [2.45, 2.75) is 20.0 Å². The summed E-state index contributed by atoms with van der Waals surface area (Å²) >= 11 is 0. The number of alkyl halides is 3. The summed E-state index contributed by atoms with van der Waals surface area (Å²) in [6, 6.07) is 10.1. The predicted octanol–water partition coefficient (Wildman–Crippen LogP) is 4.61. The first-order valence-electron chi connectivity index (χ1n) is 6.43. The van der Waals surface area contributed by atoms with Crippen molar-refractivity contribution in [2.24, 2.45) is 0 Å². The van der Waals surface area contributed by atoms with Crippen LogP contribution in [0, 0.1) is 13.8 Å². The molecule has 21 heavy (non-hydrogen) atoms. The van der Waals surface area contributed by atoms with Gasteiger partial charge in [0.25, 0.3) is 0 Å². The molecule has 3 aromatic rings. The zero-order chi connectivity index (χ0) is 15.4. The lowest BCUT2D eigenvalue weighted by Gasteiger charge is -2.09. The molecule has 0 atom stereocenters. The van der Waals surface area contributed by atoms with Gasteiger partial charge >= 0.3 is 12.1 Å². The van der Waals surface area contributed by atoms with E-state index in [1.165, 1.54) is 0 Å². The third kappa shape index (κ3) is 1.92. The summed E-state index contributed by atoms with van der Waals surface area (Å²) in [7, 11) is 0. The largest absolute Gasteiger partial charge is 0.472 e. The van der Waals surface area contributed by atoms with Gasteiger partial charge in [0.2, 0.25) is 0 Å². The van der Waals surface area contributed by atoms with Gasteiger partial charge in [0.05, 0.1) is 11.0 Å². The molecule has 3 rings (SSSR count). The number of carbonyl (C=O) groups is 1. The normalized spacial score (nSPS) is 12.2. The predicted molar refractivity (Wildman–Crippen MR) is 75.6 cm³/mol. The van der Waals surface area contributed by atoms with E-state index >= 15 is 0 Å². The number of halogens is 3. The number of benzene rings is 2. The zero-order valence-electron chi connectivity index (χ0n) is 11.5. The third-order valence-electron chi connectivity index (χ3n) is 3.68. The summed E-state index contributed by atoms with van der Waals surface area (Å²) in [6.45, 7) is 3.66. The average Bonchev–Trinajstić information content (AvgIpc) is 2.73. The molecule has 0 bridgehead atoms. The van der Waals surface area contributed by atoms with Gasteiger partial charge in [0.15, 0.2) is 0 Å². The average molecular weight is 291 g/mol. The van der Waals surface area contributed by atoms with Crippen LogP contribution in [0.2, 0.25) is 0 Å². The van der Waals surface area contributed by atoms with Gasteiger partial charge < -0.3 is 0 Å². The molecule has 0 aliphatic rings. The summed E-state index contributed by atoms with van der Waals surface area (Å²) in [5, 5.41) is 1.39. The van der Waals surface area contributed by atoms with Crippen LogP contribution >= 0.6 is 0 Å². The second-order valence-electron chi connectivity index (χ2n) is 5.08.